The molecule has 1 aromatic rings. The summed E-state index contributed by atoms with van der Waals surface area (Å²) < 4.78 is 5.20. The zero-order chi connectivity index (χ0) is 15.3. The van der Waals surface area contributed by atoms with Crippen molar-refractivity contribution in [2.45, 2.75) is 26.3 Å². The predicted octanol–water partition coefficient (Wildman–Crippen LogP) is 1.47. The van der Waals surface area contributed by atoms with Gasteiger partial charge in [-0.25, -0.2) is 4.98 Å². The summed E-state index contributed by atoms with van der Waals surface area (Å²) in [4.78, 5) is 18.1. The summed E-state index contributed by atoms with van der Waals surface area (Å²) in [6.45, 7) is 4.06. The predicted molar refractivity (Wildman–Crippen MR) is 81.2 cm³/mol. The van der Waals surface area contributed by atoms with E-state index in [1.807, 2.05) is 38.9 Å². The molecule has 1 aromatic heterocycles. The molecule has 1 amide bonds. The van der Waals surface area contributed by atoms with Crippen LogP contribution in [0.1, 0.15) is 20.3 Å². The molecule has 1 heterocycles. The molecule has 0 radical (unpaired) electrons. The second kappa shape index (κ2) is 7.09. The first kappa shape index (κ1) is 16.2. The number of carbonyl (C=O) groups is 1. The molecular weight excluding hydrogens is 256 g/mol. The number of rotatable bonds is 6. The van der Waals surface area contributed by atoms with Crippen molar-refractivity contribution in [1.29, 1.82) is 0 Å². The molecule has 1 atom stereocenters. The van der Waals surface area contributed by atoms with Gasteiger partial charge in [0.15, 0.2) is 0 Å². The highest BCUT2D eigenvalue weighted by Crippen LogP contribution is 2.32. The van der Waals surface area contributed by atoms with Crippen LogP contribution >= 0.6 is 0 Å². The molecule has 0 aliphatic heterocycles. The second-order valence-electron chi connectivity index (χ2n) is 5.33. The number of anilines is 2. The minimum Gasteiger partial charge on any atom is -0.479 e. The Hall–Kier alpha value is -1.82. The lowest BCUT2D eigenvalue weighted by Gasteiger charge is -2.21. The van der Waals surface area contributed by atoms with Crippen molar-refractivity contribution in [3.8, 4) is 5.88 Å². The summed E-state index contributed by atoms with van der Waals surface area (Å²) in [5.41, 5.74) is 7.26. The highest BCUT2D eigenvalue weighted by Gasteiger charge is 2.20. The van der Waals surface area contributed by atoms with E-state index in [9.17, 15) is 4.79 Å². The Morgan fingerprint density at radius 3 is 2.65 bits per heavy atom. The smallest absolute Gasteiger partial charge is 0.241 e. The zero-order valence-electron chi connectivity index (χ0n) is 12.8. The van der Waals surface area contributed by atoms with Crippen molar-refractivity contribution in [2.75, 3.05) is 31.4 Å². The number of amides is 1. The highest BCUT2D eigenvalue weighted by atomic mass is 16.5. The first-order chi connectivity index (χ1) is 9.36. The van der Waals surface area contributed by atoms with E-state index in [1.165, 1.54) is 7.11 Å². The van der Waals surface area contributed by atoms with Gasteiger partial charge in [-0.3, -0.25) is 4.79 Å². The van der Waals surface area contributed by atoms with Crippen LogP contribution in [0.15, 0.2) is 12.3 Å². The lowest BCUT2D eigenvalue weighted by molar-refractivity contribution is -0.117. The maximum Gasteiger partial charge on any atom is 0.241 e. The van der Waals surface area contributed by atoms with Crippen LogP contribution in [-0.2, 0) is 4.79 Å². The van der Waals surface area contributed by atoms with Crippen molar-refractivity contribution < 1.29 is 9.53 Å². The van der Waals surface area contributed by atoms with E-state index in [-0.39, 0.29) is 5.91 Å². The Morgan fingerprint density at radius 1 is 1.50 bits per heavy atom. The molecule has 0 saturated carbocycles. The first-order valence-corrected chi connectivity index (χ1v) is 6.63. The Balaban J connectivity index is 2.98. The molecule has 0 unspecified atom stereocenters. The van der Waals surface area contributed by atoms with Crippen LogP contribution in [0.25, 0.3) is 0 Å². The largest absolute Gasteiger partial charge is 0.479 e. The van der Waals surface area contributed by atoms with E-state index in [0.29, 0.717) is 23.9 Å². The summed E-state index contributed by atoms with van der Waals surface area (Å²) >= 11 is 0. The fraction of sp³-hybridized carbons (Fsp3) is 0.571. The van der Waals surface area contributed by atoms with E-state index < -0.39 is 6.04 Å². The van der Waals surface area contributed by atoms with E-state index >= 15 is 0 Å². The van der Waals surface area contributed by atoms with Crippen LogP contribution in [0.2, 0.25) is 0 Å². The Labute approximate surface area is 120 Å². The molecule has 0 aromatic carbocycles. The molecule has 1 rings (SSSR count). The number of aromatic nitrogens is 1. The Kier molecular flexibility index (Phi) is 5.76. The molecule has 6 heteroatoms. The minimum atomic E-state index is -0.546. The van der Waals surface area contributed by atoms with E-state index in [4.69, 9.17) is 10.5 Å². The van der Waals surface area contributed by atoms with Crippen LogP contribution in [0, 0.1) is 5.92 Å². The van der Waals surface area contributed by atoms with Crippen LogP contribution in [0.5, 0.6) is 5.88 Å². The molecule has 3 N–H and O–H groups in total. The number of carbonyl (C=O) groups excluding carboxylic acids is 1. The van der Waals surface area contributed by atoms with Crippen molar-refractivity contribution in [2.24, 2.45) is 11.7 Å². The third-order valence-corrected chi connectivity index (χ3v) is 2.88. The van der Waals surface area contributed by atoms with Gasteiger partial charge in [0.25, 0.3) is 0 Å². The average molecular weight is 280 g/mol. The molecule has 0 aliphatic rings. The van der Waals surface area contributed by atoms with Crippen molar-refractivity contribution in [1.82, 2.24) is 4.98 Å². The van der Waals surface area contributed by atoms with Gasteiger partial charge in [-0.05, 0) is 18.4 Å². The van der Waals surface area contributed by atoms with Crippen LogP contribution in [0.4, 0.5) is 11.4 Å². The average Bonchev–Trinajstić information content (AvgIpc) is 2.37. The summed E-state index contributed by atoms with van der Waals surface area (Å²) in [5.74, 6) is 0.509. The van der Waals surface area contributed by atoms with Gasteiger partial charge in [-0.1, -0.05) is 13.8 Å². The minimum absolute atomic E-state index is 0.229. The van der Waals surface area contributed by atoms with Crippen molar-refractivity contribution in [3.05, 3.63) is 12.3 Å². The van der Waals surface area contributed by atoms with Gasteiger partial charge in [0.2, 0.25) is 11.8 Å². The Bertz CT molecular complexity index is 460. The number of ether oxygens (including phenoxy) is 1. The fourth-order valence-electron chi connectivity index (χ4n) is 1.91. The van der Waals surface area contributed by atoms with Crippen LogP contribution in [0.3, 0.4) is 0 Å². The number of hydrogen-bond donors (Lipinski definition) is 2. The summed E-state index contributed by atoms with van der Waals surface area (Å²) in [6.07, 6.45) is 2.27. The SMILES string of the molecule is COc1nccc(N(C)C)c1NC(=O)[C@H](N)CC(C)C. The molecule has 0 spiro atoms. The van der Waals surface area contributed by atoms with Gasteiger partial charge in [0.1, 0.15) is 5.69 Å². The van der Waals surface area contributed by atoms with Gasteiger partial charge in [-0.15, -0.1) is 0 Å². The number of methoxy groups -OCH3 is 1. The molecule has 6 nitrogen and oxygen atoms in total. The van der Waals surface area contributed by atoms with Gasteiger partial charge >= 0.3 is 0 Å². The normalized spacial score (nSPS) is 12.2. The van der Waals surface area contributed by atoms with E-state index in [1.54, 1.807) is 6.20 Å². The van der Waals surface area contributed by atoms with Gasteiger partial charge < -0.3 is 20.7 Å². The molecule has 0 fully saturated rings. The Morgan fingerprint density at radius 2 is 2.15 bits per heavy atom. The summed E-state index contributed by atoms with van der Waals surface area (Å²) in [5, 5.41) is 2.82. The number of nitrogens with two attached hydrogens (primary N) is 1. The number of nitrogens with zero attached hydrogens (tertiary/aromatic N) is 2. The van der Waals surface area contributed by atoms with Crippen LogP contribution < -0.4 is 20.7 Å². The standard InChI is InChI=1S/C14H24N4O2/c1-9(2)8-10(15)13(19)17-12-11(18(3)4)6-7-16-14(12)20-5/h6-7,9-10H,8,15H2,1-5H3,(H,17,19)/t10-/m1/s1. The quantitative estimate of drug-likeness (QED) is 0.824. The lowest BCUT2D eigenvalue weighted by Crippen LogP contribution is -2.37. The summed E-state index contributed by atoms with van der Waals surface area (Å²) in [6, 6.07) is 1.27. The molecular formula is C14H24N4O2. The van der Waals surface area contributed by atoms with Crippen molar-refractivity contribution >= 4 is 17.3 Å². The molecule has 0 bridgehead atoms. The first-order valence-electron chi connectivity index (χ1n) is 6.63. The number of hydrogen-bond acceptors (Lipinski definition) is 5. The molecule has 20 heavy (non-hydrogen) atoms. The lowest BCUT2D eigenvalue weighted by atomic mass is 10.0. The topological polar surface area (TPSA) is 80.5 Å². The third kappa shape index (κ3) is 4.09. The van der Waals surface area contributed by atoms with Gasteiger partial charge in [0.05, 0.1) is 18.8 Å². The second-order valence-corrected chi connectivity index (χ2v) is 5.33. The van der Waals surface area contributed by atoms with Gasteiger partial charge in [-0.2, -0.15) is 0 Å². The van der Waals surface area contributed by atoms with E-state index in [2.05, 4.69) is 10.3 Å². The fourth-order valence-corrected chi connectivity index (χ4v) is 1.91. The number of pyridine rings is 1. The number of nitrogens with one attached hydrogen (secondary N) is 1. The monoisotopic (exact) mass is 280 g/mol. The van der Waals surface area contributed by atoms with Crippen molar-refractivity contribution in [3.63, 3.8) is 0 Å². The maximum atomic E-state index is 12.2. The molecule has 0 aliphatic carbocycles. The molecule has 112 valence electrons. The van der Waals surface area contributed by atoms with Crippen LogP contribution in [-0.4, -0.2) is 38.1 Å². The zero-order valence-corrected chi connectivity index (χ0v) is 12.8. The third-order valence-electron chi connectivity index (χ3n) is 2.88. The maximum absolute atomic E-state index is 12.2. The van der Waals surface area contributed by atoms with E-state index in [0.717, 1.165) is 5.69 Å². The molecule has 0 saturated heterocycles. The highest BCUT2D eigenvalue weighted by molar-refractivity contribution is 5.98. The van der Waals surface area contributed by atoms with Gasteiger partial charge in [0, 0.05) is 20.3 Å². The summed E-state index contributed by atoms with van der Waals surface area (Å²) in [7, 11) is 5.29.